The van der Waals surface area contributed by atoms with Crippen LogP contribution in [-0.4, -0.2) is 41.1 Å². The van der Waals surface area contributed by atoms with Crippen molar-refractivity contribution in [3.05, 3.63) is 59.7 Å². The van der Waals surface area contributed by atoms with E-state index >= 15 is 0 Å². The predicted molar refractivity (Wildman–Crippen MR) is 108 cm³/mol. The van der Waals surface area contributed by atoms with Crippen LogP contribution in [0.2, 0.25) is 0 Å². The highest BCUT2D eigenvalue weighted by Crippen LogP contribution is 2.32. The van der Waals surface area contributed by atoms with E-state index in [2.05, 4.69) is 10.3 Å². The molecule has 4 rings (SSSR count). The molecule has 1 saturated heterocycles. The molecule has 0 spiro atoms. The van der Waals surface area contributed by atoms with Gasteiger partial charge in [-0.3, -0.25) is 10.1 Å². The van der Waals surface area contributed by atoms with Crippen LogP contribution in [0.15, 0.2) is 53.5 Å². The van der Waals surface area contributed by atoms with Gasteiger partial charge in [0.25, 0.3) is 0 Å². The van der Waals surface area contributed by atoms with Crippen molar-refractivity contribution in [2.75, 3.05) is 13.2 Å². The highest BCUT2D eigenvalue weighted by atomic mass is 16.5. The summed E-state index contributed by atoms with van der Waals surface area (Å²) in [6.45, 7) is 1.49. The number of fused-ring (bicyclic) bond motifs is 2. The SMILES string of the molecule is O=C1NC2=Nc3ccc(OCCCCCO)cc3CN2C1Cc1ccccc1. The number of aliphatic hydroxyl groups excluding tert-OH is 1. The third-order valence-corrected chi connectivity index (χ3v) is 5.15. The second-order valence-corrected chi connectivity index (χ2v) is 7.18. The number of hydrogen-bond acceptors (Lipinski definition) is 5. The molecular weight excluding hydrogens is 354 g/mol. The van der Waals surface area contributed by atoms with Crippen molar-refractivity contribution in [1.29, 1.82) is 0 Å². The summed E-state index contributed by atoms with van der Waals surface area (Å²) in [6, 6.07) is 15.7. The number of aliphatic hydroxyl groups is 1. The molecule has 1 fully saturated rings. The number of unbranched alkanes of at least 4 members (excludes halogenated alkanes) is 2. The molecule has 28 heavy (non-hydrogen) atoms. The molecule has 1 amide bonds. The smallest absolute Gasteiger partial charge is 0.249 e. The number of guanidine groups is 1. The molecule has 2 heterocycles. The lowest BCUT2D eigenvalue weighted by atomic mass is 10.0. The number of aliphatic imine (C=N–C) groups is 1. The van der Waals surface area contributed by atoms with Crippen LogP contribution in [0.3, 0.4) is 0 Å². The molecule has 146 valence electrons. The fourth-order valence-corrected chi connectivity index (χ4v) is 3.64. The first-order chi connectivity index (χ1) is 13.7. The van der Waals surface area contributed by atoms with Crippen LogP contribution in [0.4, 0.5) is 5.69 Å². The summed E-state index contributed by atoms with van der Waals surface area (Å²) in [5.74, 6) is 1.45. The summed E-state index contributed by atoms with van der Waals surface area (Å²) >= 11 is 0. The molecule has 0 aromatic heterocycles. The molecule has 0 saturated carbocycles. The first kappa shape index (κ1) is 18.5. The zero-order valence-electron chi connectivity index (χ0n) is 15.8. The van der Waals surface area contributed by atoms with Gasteiger partial charge in [-0.1, -0.05) is 30.3 Å². The standard InChI is InChI=1S/C22H25N3O3/c26-11-5-2-6-12-28-18-9-10-19-17(14-18)15-25-20(21(27)24-22(25)23-19)13-16-7-3-1-4-8-16/h1,3-4,7-10,14,20,26H,2,5-6,11-13,15H2,(H,23,24,27). The van der Waals surface area contributed by atoms with Gasteiger partial charge in [0.15, 0.2) is 0 Å². The maximum atomic E-state index is 12.5. The van der Waals surface area contributed by atoms with E-state index in [0.29, 0.717) is 25.5 Å². The van der Waals surface area contributed by atoms with Crippen molar-refractivity contribution in [3.8, 4) is 5.75 Å². The van der Waals surface area contributed by atoms with Gasteiger partial charge in [-0.15, -0.1) is 0 Å². The number of ether oxygens (including phenoxy) is 1. The summed E-state index contributed by atoms with van der Waals surface area (Å²) in [5, 5.41) is 11.8. The first-order valence-electron chi connectivity index (χ1n) is 9.81. The largest absolute Gasteiger partial charge is 0.494 e. The van der Waals surface area contributed by atoms with Crippen LogP contribution in [0.5, 0.6) is 5.75 Å². The summed E-state index contributed by atoms with van der Waals surface area (Å²) in [7, 11) is 0. The van der Waals surface area contributed by atoms with Gasteiger partial charge < -0.3 is 14.7 Å². The Labute approximate surface area is 164 Å². The highest BCUT2D eigenvalue weighted by molar-refractivity contribution is 6.07. The first-order valence-corrected chi connectivity index (χ1v) is 9.81. The highest BCUT2D eigenvalue weighted by Gasteiger charge is 2.39. The Morgan fingerprint density at radius 3 is 2.82 bits per heavy atom. The molecule has 2 aromatic carbocycles. The van der Waals surface area contributed by atoms with Gasteiger partial charge >= 0.3 is 0 Å². The fraction of sp³-hybridized carbons (Fsp3) is 0.364. The number of amides is 1. The lowest BCUT2D eigenvalue weighted by molar-refractivity contribution is -0.121. The van der Waals surface area contributed by atoms with Crippen molar-refractivity contribution in [2.24, 2.45) is 4.99 Å². The molecule has 6 heteroatoms. The molecule has 2 aliphatic heterocycles. The molecule has 2 aromatic rings. The van der Waals surface area contributed by atoms with Crippen LogP contribution in [-0.2, 0) is 17.8 Å². The van der Waals surface area contributed by atoms with E-state index in [0.717, 1.165) is 41.8 Å². The maximum absolute atomic E-state index is 12.5. The van der Waals surface area contributed by atoms with Crippen LogP contribution < -0.4 is 10.1 Å². The third-order valence-electron chi connectivity index (χ3n) is 5.15. The number of nitrogens with zero attached hydrogens (tertiary/aromatic N) is 2. The van der Waals surface area contributed by atoms with Crippen molar-refractivity contribution in [3.63, 3.8) is 0 Å². The molecule has 1 atom stereocenters. The van der Waals surface area contributed by atoms with E-state index in [1.165, 1.54) is 0 Å². The van der Waals surface area contributed by atoms with Crippen LogP contribution in [0.25, 0.3) is 0 Å². The molecule has 0 aliphatic carbocycles. The van der Waals surface area contributed by atoms with E-state index in [1.807, 2.05) is 53.4 Å². The monoisotopic (exact) mass is 379 g/mol. The van der Waals surface area contributed by atoms with Gasteiger partial charge in [0, 0.05) is 25.1 Å². The number of nitrogens with one attached hydrogen (secondary N) is 1. The fourth-order valence-electron chi connectivity index (χ4n) is 3.64. The molecule has 1 unspecified atom stereocenters. The minimum absolute atomic E-state index is 0.00392. The summed E-state index contributed by atoms with van der Waals surface area (Å²) in [5.41, 5.74) is 3.07. The second-order valence-electron chi connectivity index (χ2n) is 7.18. The van der Waals surface area contributed by atoms with Crippen molar-refractivity contribution in [1.82, 2.24) is 10.2 Å². The number of rotatable bonds is 8. The average molecular weight is 379 g/mol. The Balaban J connectivity index is 1.45. The Hall–Kier alpha value is -2.86. The number of benzene rings is 2. The Kier molecular flexibility index (Phi) is 5.58. The van der Waals surface area contributed by atoms with Gasteiger partial charge in [-0.05, 0) is 43.0 Å². The quantitative estimate of drug-likeness (QED) is 0.692. The average Bonchev–Trinajstić information content (AvgIpc) is 3.01. The zero-order valence-corrected chi connectivity index (χ0v) is 15.8. The Morgan fingerprint density at radius 1 is 1.14 bits per heavy atom. The summed E-state index contributed by atoms with van der Waals surface area (Å²) < 4.78 is 5.84. The van der Waals surface area contributed by atoms with Crippen molar-refractivity contribution < 1.29 is 14.6 Å². The molecule has 2 N–H and O–H groups in total. The van der Waals surface area contributed by atoms with E-state index < -0.39 is 0 Å². The predicted octanol–water partition coefficient (Wildman–Crippen LogP) is 2.77. The molecular formula is C22H25N3O3. The normalized spacial score (nSPS) is 17.6. The molecule has 2 aliphatic rings. The lowest BCUT2D eigenvalue weighted by Crippen LogP contribution is -2.38. The minimum atomic E-state index is -0.252. The zero-order chi connectivity index (χ0) is 19.3. The Bertz CT molecular complexity index is 867. The summed E-state index contributed by atoms with van der Waals surface area (Å²) in [6.07, 6.45) is 3.34. The molecule has 0 bridgehead atoms. The van der Waals surface area contributed by atoms with Crippen molar-refractivity contribution >= 4 is 17.6 Å². The Morgan fingerprint density at radius 2 is 2.00 bits per heavy atom. The second kappa shape index (κ2) is 8.44. The molecule has 6 nitrogen and oxygen atoms in total. The topological polar surface area (TPSA) is 74.2 Å². The van der Waals surface area contributed by atoms with Gasteiger partial charge in [0.2, 0.25) is 11.9 Å². The van der Waals surface area contributed by atoms with Gasteiger partial charge in [-0.2, -0.15) is 0 Å². The van der Waals surface area contributed by atoms with Crippen molar-refractivity contribution in [2.45, 2.75) is 38.3 Å². The summed E-state index contributed by atoms with van der Waals surface area (Å²) in [4.78, 5) is 19.2. The van der Waals surface area contributed by atoms with Gasteiger partial charge in [0.1, 0.15) is 11.8 Å². The van der Waals surface area contributed by atoms with E-state index in [4.69, 9.17) is 9.84 Å². The number of carbonyl (C=O) groups is 1. The third kappa shape index (κ3) is 4.02. The van der Waals surface area contributed by atoms with E-state index in [1.54, 1.807) is 0 Å². The molecule has 0 radical (unpaired) electrons. The van der Waals surface area contributed by atoms with Gasteiger partial charge in [0.05, 0.1) is 12.3 Å². The van der Waals surface area contributed by atoms with E-state index in [9.17, 15) is 4.79 Å². The van der Waals surface area contributed by atoms with Gasteiger partial charge in [-0.25, -0.2) is 4.99 Å². The number of hydrogen-bond donors (Lipinski definition) is 2. The lowest BCUT2D eigenvalue weighted by Gasteiger charge is -2.28. The number of carbonyl (C=O) groups excluding carboxylic acids is 1. The van der Waals surface area contributed by atoms with Crippen LogP contribution in [0, 0.1) is 0 Å². The van der Waals surface area contributed by atoms with Crippen LogP contribution in [0.1, 0.15) is 30.4 Å². The van der Waals surface area contributed by atoms with Crippen LogP contribution >= 0.6 is 0 Å². The van der Waals surface area contributed by atoms with E-state index in [-0.39, 0.29) is 18.6 Å². The maximum Gasteiger partial charge on any atom is 0.249 e. The minimum Gasteiger partial charge on any atom is -0.494 e.